The van der Waals surface area contributed by atoms with Crippen molar-refractivity contribution in [2.45, 2.75) is 37.4 Å². The van der Waals surface area contributed by atoms with E-state index in [4.69, 9.17) is 9.84 Å². The van der Waals surface area contributed by atoms with Crippen LogP contribution in [0.15, 0.2) is 15.7 Å². The first-order valence-corrected chi connectivity index (χ1v) is 7.14. The van der Waals surface area contributed by atoms with Gasteiger partial charge in [0.2, 0.25) is 0 Å². The van der Waals surface area contributed by atoms with Gasteiger partial charge < -0.3 is 20.1 Å². The third-order valence-electron chi connectivity index (χ3n) is 3.16. The number of aliphatic carboxylic acids is 1. The number of halogens is 1. The van der Waals surface area contributed by atoms with Crippen LogP contribution in [0, 0.1) is 3.70 Å². The lowest BCUT2D eigenvalue weighted by molar-refractivity contribution is -0.138. The molecule has 21 heavy (non-hydrogen) atoms. The van der Waals surface area contributed by atoms with Crippen molar-refractivity contribution in [1.82, 2.24) is 9.55 Å². The molecule has 4 N–H and O–H groups in total. The van der Waals surface area contributed by atoms with Gasteiger partial charge in [0, 0.05) is 12.5 Å². The van der Waals surface area contributed by atoms with Crippen molar-refractivity contribution in [2.24, 2.45) is 0 Å². The SMILES string of the molecule is O=C(O)CC[C@@H]1O[C@H](n2c(I)cc(=O)[nH]c2=O)C(O)C1O. The Hall–Kier alpha value is -1.24. The highest BCUT2D eigenvalue weighted by Gasteiger charge is 2.44. The molecule has 10 heteroatoms. The number of nitrogens with one attached hydrogen (secondary N) is 1. The number of carboxylic acids is 1. The molecule has 2 unspecified atom stereocenters. The van der Waals surface area contributed by atoms with E-state index in [0.717, 1.165) is 10.6 Å². The number of carboxylic acid groups (broad SMARTS) is 1. The lowest BCUT2D eigenvalue weighted by atomic mass is 10.1. The molecule has 0 aliphatic carbocycles. The summed E-state index contributed by atoms with van der Waals surface area (Å²) in [6, 6.07) is 1.15. The van der Waals surface area contributed by atoms with Crippen LogP contribution in [-0.2, 0) is 9.53 Å². The Labute approximate surface area is 131 Å². The molecule has 4 atom stereocenters. The number of ether oxygens (including phenoxy) is 1. The fourth-order valence-corrected chi connectivity index (χ4v) is 2.94. The fraction of sp³-hybridized carbons (Fsp3) is 0.545. The fourth-order valence-electron chi connectivity index (χ4n) is 2.16. The number of carbonyl (C=O) groups is 1. The Kier molecular flexibility index (Phi) is 4.81. The summed E-state index contributed by atoms with van der Waals surface area (Å²) in [7, 11) is 0. The summed E-state index contributed by atoms with van der Waals surface area (Å²) in [6.45, 7) is 0. The molecule has 1 aromatic rings. The number of aliphatic hydroxyl groups is 2. The second kappa shape index (κ2) is 6.25. The molecule has 1 fully saturated rings. The minimum Gasteiger partial charge on any atom is -0.481 e. The largest absolute Gasteiger partial charge is 0.481 e. The summed E-state index contributed by atoms with van der Waals surface area (Å²) in [5.41, 5.74) is -1.36. The maximum absolute atomic E-state index is 11.8. The average Bonchev–Trinajstić information content (AvgIpc) is 2.63. The summed E-state index contributed by atoms with van der Waals surface area (Å²) in [6.07, 6.45) is -5.05. The highest BCUT2D eigenvalue weighted by atomic mass is 127. The maximum Gasteiger partial charge on any atom is 0.331 e. The van der Waals surface area contributed by atoms with E-state index in [0.29, 0.717) is 0 Å². The van der Waals surface area contributed by atoms with Crippen molar-refractivity contribution >= 4 is 28.6 Å². The molecule has 0 spiro atoms. The Morgan fingerprint density at radius 2 is 2.05 bits per heavy atom. The molecular formula is C11H13IN2O7. The van der Waals surface area contributed by atoms with Gasteiger partial charge in [0.15, 0.2) is 6.23 Å². The molecule has 0 bridgehead atoms. The van der Waals surface area contributed by atoms with E-state index >= 15 is 0 Å². The number of hydrogen-bond acceptors (Lipinski definition) is 6. The van der Waals surface area contributed by atoms with Gasteiger partial charge in [-0.25, -0.2) is 4.79 Å². The second-order valence-corrected chi connectivity index (χ2v) is 5.72. The van der Waals surface area contributed by atoms with Gasteiger partial charge in [-0.1, -0.05) is 0 Å². The van der Waals surface area contributed by atoms with Crippen LogP contribution in [0.4, 0.5) is 0 Å². The van der Waals surface area contributed by atoms with Gasteiger partial charge in [-0.3, -0.25) is 19.1 Å². The van der Waals surface area contributed by atoms with Gasteiger partial charge in [-0.15, -0.1) is 0 Å². The molecule has 0 aromatic carbocycles. The molecule has 1 aliphatic heterocycles. The zero-order chi connectivity index (χ0) is 15.7. The summed E-state index contributed by atoms with van der Waals surface area (Å²) in [4.78, 5) is 35.6. The van der Waals surface area contributed by atoms with Crippen LogP contribution >= 0.6 is 22.6 Å². The molecular weight excluding hydrogens is 399 g/mol. The smallest absolute Gasteiger partial charge is 0.331 e. The van der Waals surface area contributed by atoms with Crippen LogP contribution in [-0.4, -0.2) is 49.2 Å². The minimum absolute atomic E-state index is 0.00125. The maximum atomic E-state index is 11.8. The summed E-state index contributed by atoms with van der Waals surface area (Å²) in [5.74, 6) is -1.06. The number of hydrogen-bond donors (Lipinski definition) is 4. The summed E-state index contributed by atoms with van der Waals surface area (Å²) >= 11 is 1.73. The van der Waals surface area contributed by atoms with E-state index in [9.17, 15) is 24.6 Å². The quantitative estimate of drug-likeness (QED) is 0.353. The predicted molar refractivity (Wildman–Crippen MR) is 76.8 cm³/mol. The van der Waals surface area contributed by atoms with E-state index in [1.807, 2.05) is 4.98 Å². The highest BCUT2D eigenvalue weighted by molar-refractivity contribution is 14.1. The van der Waals surface area contributed by atoms with E-state index in [-0.39, 0.29) is 16.5 Å². The Morgan fingerprint density at radius 3 is 2.62 bits per heavy atom. The molecule has 1 aromatic heterocycles. The topological polar surface area (TPSA) is 142 Å². The van der Waals surface area contributed by atoms with Gasteiger partial charge in [-0.05, 0) is 29.0 Å². The van der Waals surface area contributed by atoms with E-state index in [1.54, 1.807) is 22.6 Å². The third kappa shape index (κ3) is 3.33. The lowest BCUT2D eigenvalue weighted by Gasteiger charge is -2.18. The van der Waals surface area contributed by atoms with Crippen LogP contribution in [0.25, 0.3) is 0 Å². The standard InChI is InChI=1S/C11H13IN2O7/c12-5-3-6(15)13-11(20)14(5)10-9(19)8(18)4(21-10)1-2-7(16)17/h3-4,8-10,18-19H,1-2H2,(H,16,17)(H,13,15,20)/t4-,8?,9?,10-/m0/s1. The number of H-pyrrole nitrogens is 1. The number of nitrogens with zero attached hydrogens (tertiary/aromatic N) is 1. The molecule has 1 saturated heterocycles. The van der Waals surface area contributed by atoms with Gasteiger partial charge in [0.1, 0.15) is 12.2 Å². The highest BCUT2D eigenvalue weighted by Crippen LogP contribution is 2.31. The van der Waals surface area contributed by atoms with Crippen molar-refractivity contribution in [3.63, 3.8) is 0 Å². The van der Waals surface area contributed by atoms with Gasteiger partial charge in [-0.2, -0.15) is 0 Å². The Bertz CT molecular complexity index is 655. The Balaban J connectivity index is 2.28. The van der Waals surface area contributed by atoms with Crippen LogP contribution in [0.1, 0.15) is 19.1 Å². The molecule has 116 valence electrons. The van der Waals surface area contributed by atoms with Crippen molar-refractivity contribution in [1.29, 1.82) is 0 Å². The van der Waals surface area contributed by atoms with Crippen molar-refractivity contribution < 1.29 is 24.9 Å². The van der Waals surface area contributed by atoms with Crippen LogP contribution in [0.5, 0.6) is 0 Å². The van der Waals surface area contributed by atoms with Gasteiger partial charge in [0.25, 0.3) is 5.56 Å². The summed E-state index contributed by atoms with van der Waals surface area (Å²) < 4.78 is 6.64. The molecule has 2 rings (SSSR count). The van der Waals surface area contributed by atoms with E-state index < -0.39 is 41.8 Å². The minimum atomic E-state index is -1.40. The zero-order valence-electron chi connectivity index (χ0n) is 10.6. The van der Waals surface area contributed by atoms with Crippen LogP contribution in [0.2, 0.25) is 0 Å². The van der Waals surface area contributed by atoms with E-state index in [2.05, 4.69) is 0 Å². The molecule has 0 radical (unpaired) electrons. The van der Waals surface area contributed by atoms with Crippen molar-refractivity contribution in [2.75, 3.05) is 0 Å². The van der Waals surface area contributed by atoms with Crippen LogP contribution < -0.4 is 11.2 Å². The molecule has 0 amide bonds. The number of aliphatic hydroxyl groups excluding tert-OH is 2. The Morgan fingerprint density at radius 1 is 1.38 bits per heavy atom. The van der Waals surface area contributed by atoms with Gasteiger partial charge >= 0.3 is 11.7 Å². The summed E-state index contributed by atoms with van der Waals surface area (Å²) in [5, 5.41) is 28.5. The zero-order valence-corrected chi connectivity index (χ0v) is 12.8. The lowest BCUT2D eigenvalue weighted by Crippen LogP contribution is -2.39. The predicted octanol–water partition coefficient (Wildman–Crippen LogP) is -1.37. The first-order chi connectivity index (χ1) is 9.81. The van der Waals surface area contributed by atoms with Gasteiger partial charge in [0.05, 0.1) is 9.80 Å². The monoisotopic (exact) mass is 412 g/mol. The average molecular weight is 412 g/mol. The number of aromatic amines is 1. The molecule has 0 saturated carbocycles. The number of aromatic nitrogens is 2. The third-order valence-corrected chi connectivity index (χ3v) is 3.99. The first-order valence-electron chi connectivity index (χ1n) is 6.06. The molecule has 2 heterocycles. The van der Waals surface area contributed by atoms with Crippen molar-refractivity contribution in [3.05, 3.63) is 30.6 Å². The molecule has 9 nitrogen and oxygen atoms in total. The van der Waals surface area contributed by atoms with Crippen molar-refractivity contribution in [3.8, 4) is 0 Å². The molecule has 1 aliphatic rings. The van der Waals surface area contributed by atoms with E-state index in [1.165, 1.54) is 0 Å². The second-order valence-electron chi connectivity index (χ2n) is 4.61. The number of rotatable bonds is 4. The van der Waals surface area contributed by atoms with Crippen LogP contribution in [0.3, 0.4) is 0 Å². The normalized spacial score (nSPS) is 28.7. The first kappa shape index (κ1) is 16.1.